The number of anilines is 1. The highest BCUT2D eigenvalue weighted by molar-refractivity contribution is 5.85. The van der Waals surface area contributed by atoms with E-state index in [1.54, 1.807) is 13.4 Å². The maximum Gasteiger partial charge on any atom is 0.162 e. The molecule has 6 heteroatoms. The van der Waals surface area contributed by atoms with Crippen LogP contribution in [0.2, 0.25) is 0 Å². The number of piperidine rings is 1. The van der Waals surface area contributed by atoms with Crippen molar-refractivity contribution in [2.45, 2.75) is 18.8 Å². The number of benzene rings is 1. The molecule has 1 N–H and O–H groups in total. The van der Waals surface area contributed by atoms with Crippen LogP contribution >= 0.6 is 0 Å². The quantitative estimate of drug-likeness (QED) is 0.615. The van der Waals surface area contributed by atoms with Gasteiger partial charge in [-0.2, -0.15) is 0 Å². The fourth-order valence-corrected chi connectivity index (χ4v) is 4.10. The summed E-state index contributed by atoms with van der Waals surface area (Å²) in [5.74, 6) is 2.65. The van der Waals surface area contributed by atoms with Gasteiger partial charge in [0.1, 0.15) is 17.9 Å². The van der Waals surface area contributed by atoms with Crippen LogP contribution in [0.15, 0.2) is 48.9 Å². The van der Waals surface area contributed by atoms with Crippen molar-refractivity contribution in [1.82, 2.24) is 19.6 Å². The number of rotatable bonds is 3. The average Bonchev–Trinajstić information content (AvgIpc) is 3.34. The fourth-order valence-electron chi connectivity index (χ4n) is 4.10. The van der Waals surface area contributed by atoms with Gasteiger partial charge in [0.05, 0.1) is 7.11 Å². The van der Waals surface area contributed by atoms with Crippen LogP contribution in [0, 0.1) is 0 Å². The van der Waals surface area contributed by atoms with Crippen molar-refractivity contribution in [2.75, 3.05) is 25.1 Å². The molecule has 4 aromatic rings. The minimum Gasteiger partial charge on any atom is -0.497 e. The van der Waals surface area contributed by atoms with E-state index in [9.17, 15) is 0 Å². The third kappa shape index (κ3) is 2.41. The Labute approximate surface area is 151 Å². The van der Waals surface area contributed by atoms with E-state index in [-0.39, 0.29) is 0 Å². The van der Waals surface area contributed by atoms with E-state index in [4.69, 9.17) is 4.74 Å². The average molecular weight is 347 g/mol. The Kier molecular flexibility index (Phi) is 3.55. The smallest absolute Gasteiger partial charge is 0.162 e. The highest BCUT2D eigenvalue weighted by Crippen LogP contribution is 2.35. The largest absolute Gasteiger partial charge is 0.497 e. The van der Waals surface area contributed by atoms with E-state index in [0.717, 1.165) is 37.3 Å². The van der Waals surface area contributed by atoms with Crippen LogP contribution in [0.4, 0.5) is 5.82 Å². The third-order valence-electron chi connectivity index (χ3n) is 5.49. The molecule has 0 unspecified atom stereocenters. The number of nitrogens with one attached hydrogen (secondary N) is 1. The van der Waals surface area contributed by atoms with Crippen molar-refractivity contribution in [3.8, 4) is 5.75 Å². The second kappa shape index (κ2) is 6.05. The predicted molar refractivity (Wildman–Crippen MR) is 102 cm³/mol. The van der Waals surface area contributed by atoms with Gasteiger partial charge in [-0.15, -0.1) is 10.2 Å². The Morgan fingerprint density at radius 3 is 2.88 bits per heavy atom. The molecule has 0 aliphatic carbocycles. The molecule has 6 nitrogen and oxygen atoms in total. The van der Waals surface area contributed by atoms with Gasteiger partial charge in [-0.05, 0) is 54.7 Å². The van der Waals surface area contributed by atoms with E-state index >= 15 is 0 Å². The van der Waals surface area contributed by atoms with Crippen LogP contribution in [0.1, 0.15) is 24.3 Å². The number of pyridine rings is 1. The van der Waals surface area contributed by atoms with Gasteiger partial charge in [0.2, 0.25) is 0 Å². The van der Waals surface area contributed by atoms with Crippen LogP contribution in [0.5, 0.6) is 5.75 Å². The van der Waals surface area contributed by atoms with Gasteiger partial charge < -0.3 is 14.6 Å². The Bertz CT molecular complexity index is 1060. The lowest BCUT2D eigenvalue weighted by atomic mass is 9.89. The maximum absolute atomic E-state index is 5.41. The Morgan fingerprint density at radius 2 is 2.04 bits per heavy atom. The lowest BCUT2D eigenvalue weighted by Gasteiger charge is -2.33. The second-order valence-electron chi connectivity index (χ2n) is 6.86. The molecular formula is C20H21N5O. The van der Waals surface area contributed by atoms with Gasteiger partial charge in [0, 0.05) is 30.2 Å². The summed E-state index contributed by atoms with van der Waals surface area (Å²) in [4.78, 5) is 5.84. The number of hydrogen-bond donors (Lipinski definition) is 1. The lowest BCUT2D eigenvalue weighted by Crippen LogP contribution is -2.34. The highest BCUT2D eigenvalue weighted by Gasteiger charge is 2.24. The number of fused-ring (bicyclic) bond motifs is 2. The Morgan fingerprint density at radius 1 is 1.15 bits per heavy atom. The van der Waals surface area contributed by atoms with Gasteiger partial charge in [0.25, 0.3) is 0 Å². The number of methoxy groups -OCH3 is 1. The van der Waals surface area contributed by atoms with Crippen LogP contribution in [-0.4, -0.2) is 39.8 Å². The van der Waals surface area contributed by atoms with E-state index in [0.29, 0.717) is 5.92 Å². The summed E-state index contributed by atoms with van der Waals surface area (Å²) in [5.41, 5.74) is 3.48. The minimum atomic E-state index is 0.562. The van der Waals surface area contributed by atoms with E-state index in [1.807, 2.05) is 12.1 Å². The van der Waals surface area contributed by atoms with Gasteiger partial charge >= 0.3 is 0 Å². The lowest BCUT2D eigenvalue weighted by molar-refractivity contribution is 0.415. The van der Waals surface area contributed by atoms with E-state index in [2.05, 4.69) is 54.9 Å². The molecule has 0 saturated carbocycles. The van der Waals surface area contributed by atoms with Crippen LogP contribution in [-0.2, 0) is 0 Å². The van der Waals surface area contributed by atoms with Crippen molar-refractivity contribution < 1.29 is 4.74 Å². The Balaban J connectivity index is 1.40. The molecule has 1 aromatic carbocycles. The van der Waals surface area contributed by atoms with Gasteiger partial charge in [-0.1, -0.05) is 6.07 Å². The zero-order chi connectivity index (χ0) is 17.5. The molecule has 4 heterocycles. The molecule has 3 aromatic heterocycles. The summed E-state index contributed by atoms with van der Waals surface area (Å²) >= 11 is 0. The molecule has 5 rings (SSSR count). The van der Waals surface area contributed by atoms with Crippen molar-refractivity contribution in [3.05, 3.63) is 54.5 Å². The number of nitrogens with zero attached hydrogens (tertiary/aromatic N) is 4. The molecule has 0 amide bonds. The summed E-state index contributed by atoms with van der Waals surface area (Å²) in [6.07, 6.45) is 6.22. The molecule has 0 atom stereocenters. The highest BCUT2D eigenvalue weighted by atomic mass is 16.5. The summed E-state index contributed by atoms with van der Waals surface area (Å²) in [7, 11) is 1.72. The molecule has 1 aliphatic rings. The van der Waals surface area contributed by atoms with Gasteiger partial charge in [-0.25, -0.2) is 0 Å². The summed E-state index contributed by atoms with van der Waals surface area (Å²) < 4.78 is 7.47. The second-order valence-corrected chi connectivity index (χ2v) is 6.86. The first-order valence-electron chi connectivity index (χ1n) is 9.02. The SMILES string of the molecule is COc1ccc2[nH]cc(C3CCN(c4cccc5nncn45)CC3)c2c1. The number of aromatic nitrogens is 4. The predicted octanol–water partition coefficient (Wildman–Crippen LogP) is 3.60. The minimum absolute atomic E-state index is 0.562. The maximum atomic E-state index is 5.41. The van der Waals surface area contributed by atoms with Crippen molar-refractivity contribution in [3.63, 3.8) is 0 Å². The normalized spacial score (nSPS) is 15.8. The van der Waals surface area contributed by atoms with E-state index < -0.39 is 0 Å². The number of hydrogen-bond acceptors (Lipinski definition) is 4. The van der Waals surface area contributed by atoms with Gasteiger partial charge in [-0.3, -0.25) is 4.40 Å². The zero-order valence-electron chi connectivity index (χ0n) is 14.7. The number of ether oxygens (including phenoxy) is 1. The molecule has 0 radical (unpaired) electrons. The molecular weight excluding hydrogens is 326 g/mol. The van der Waals surface area contributed by atoms with Crippen LogP contribution in [0.3, 0.4) is 0 Å². The first-order valence-corrected chi connectivity index (χ1v) is 9.02. The summed E-state index contributed by atoms with van der Waals surface area (Å²) in [6.45, 7) is 2.05. The van der Waals surface area contributed by atoms with Gasteiger partial charge in [0.15, 0.2) is 5.65 Å². The monoisotopic (exact) mass is 347 g/mol. The molecule has 1 saturated heterocycles. The summed E-state index contributed by atoms with van der Waals surface area (Å²) in [6, 6.07) is 12.4. The molecule has 0 bridgehead atoms. The third-order valence-corrected chi connectivity index (χ3v) is 5.49. The number of aromatic amines is 1. The number of H-pyrrole nitrogens is 1. The molecule has 1 aliphatic heterocycles. The van der Waals surface area contributed by atoms with Crippen LogP contribution < -0.4 is 9.64 Å². The Hall–Kier alpha value is -3.02. The zero-order valence-corrected chi connectivity index (χ0v) is 14.7. The van der Waals surface area contributed by atoms with Crippen LogP contribution in [0.25, 0.3) is 16.6 Å². The molecule has 0 spiro atoms. The van der Waals surface area contributed by atoms with E-state index in [1.165, 1.54) is 22.3 Å². The van der Waals surface area contributed by atoms with Crippen molar-refractivity contribution in [1.29, 1.82) is 0 Å². The fraction of sp³-hybridized carbons (Fsp3) is 0.300. The molecule has 132 valence electrons. The molecule has 26 heavy (non-hydrogen) atoms. The standard InChI is InChI=1S/C20H21N5O/c1-26-15-5-6-18-16(11-15)17(12-21-18)14-7-9-24(10-8-14)20-4-2-3-19-23-22-13-25(19)20/h2-6,11-14,21H,7-10H2,1H3. The first-order chi connectivity index (χ1) is 12.8. The van der Waals surface area contributed by atoms with Crippen molar-refractivity contribution in [2.24, 2.45) is 0 Å². The molecule has 1 fully saturated rings. The topological polar surface area (TPSA) is 58.5 Å². The van der Waals surface area contributed by atoms with Crippen molar-refractivity contribution >= 4 is 22.4 Å². The first kappa shape index (κ1) is 15.3. The summed E-state index contributed by atoms with van der Waals surface area (Å²) in [5, 5.41) is 9.46.